The van der Waals surface area contributed by atoms with Crippen molar-refractivity contribution < 1.29 is 22.4 Å². The first-order valence-electron chi connectivity index (χ1n) is 9.07. The Morgan fingerprint density at radius 3 is 2.36 bits per heavy atom. The highest BCUT2D eigenvalue weighted by Gasteiger charge is 2.30. The molecule has 2 amide bonds. The Morgan fingerprint density at radius 2 is 1.75 bits per heavy atom. The molecule has 1 saturated heterocycles. The molecule has 1 atom stereocenters. The van der Waals surface area contributed by atoms with E-state index in [0.717, 1.165) is 19.3 Å². The largest absolute Gasteiger partial charge is 0.469 e. The number of hydrogen-bond acceptors (Lipinski definition) is 5. The minimum absolute atomic E-state index is 0.0386. The average molecular weight is 405 g/mol. The fourth-order valence-electron chi connectivity index (χ4n) is 3.22. The van der Waals surface area contributed by atoms with E-state index >= 15 is 0 Å². The second-order valence-corrected chi connectivity index (χ2v) is 8.67. The third kappa shape index (κ3) is 4.10. The van der Waals surface area contributed by atoms with E-state index in [4.69, 9.17) is 4.42 Å². The first-order chi connectivity index (χ1) is 13.3. The van der Waals surface area contributed by atoms with Gasteiger partial charge < -0.3 is 4.42 Å². The molecule has 8 nitrogen and oxygen atoms in total. The standard InChI is InChI=1S/C19H23N3O5S/c1-13-5-3-4-11-22(13)28(25,26)16-8-6-15(7-9-16)18(23)20-21-19(24)17-10-12-27-14(17)2/h6-10,12-13H,3-5,11H2,1-2H3,(H,20,23)(H,21,24)/t13-/m0/s1. The van der Waals surface area contributed by atoms with Crippen molar-refractivity contribution in [3.05, 3.63) is 53.5 Å². The Hall–Kier alpha value is -2.65. The summed E-state index contributed by atoms with van der Waals surface area (Å²) in [5.41, 5.74) is 5.15. The van der Waals surface area contributed by atoms with E-state index in [1.807, 2.05) is 6.92 Å². The highest BCUT2D eigenvalue weighted by Crippen LogP contribution is 2.25. The van der Waals surface area contributed by atoms with Crippen molar-refractivity contribution in [1.82, 2.24) is 15.2 Å². The van der Waals surface area contributed by atoms with Crippen molar-refractivity contribution in [2.75, 3.05) is 6.54 Å². The molecule has 1 aliphatic heterocycles. The van der Waals surface area contributed by atoms with Crippen LogP contribution in [0.1, 0.15) is 52.7 Å². The minimum Gasteiger partial charge on any atom is -0.469 e. The molecule has 0 spiro atoms. The van der Waals surface area contributed by atoms with Gasteiger partial charge in [0.1, 0.15) is 5.76 Å². The molecule has 9 heteroatoms. The van der Waals surface area contributed by atoms with Crippen LogP contribution < -0.4 is 10.9 Å². The lowest BCUT2D eigenvalue weighted by atomic mass is 10.1. The summed E-state index contributed by atoms with van der Waals surface area (Å²) in [6.45, 7) is 4.05. The van der Waals surface area contributed by atoms with Crippen LogP contribution in [-0.2, 0) is 10.0 Å². The molecule has 2 aromatic rings. The molecule has 2 heterocycles. The zero-order chi connectivity index (χ0) is 20.3. The van der Waals surface area contributed by atoms with Crippen LogP contribution in [0.5, 0.6) is 0 Å². The number of nitrogens with zero attached hydrogens (tertiary/aromatic N) is 1. The zero-order valence-corrected chi connectivity index (χ0v) is 16.6. The van der Waals surface area contributed by atoms with E-state index < -0.39 is 21.8 Å². The Labute approximate surface area is 163 Å². The molecular formula is C19H23N3O5S. The number of hydrogen-bond donors (Lipinski definition) is 2. The number of nitrogens with one attached hydrogen (secondary N) is 2. The summed E-state index contributed by atoms with van der Waals surface area (Å²) in [6, 6.07) is 7.13. The van der Waals surface area contributed by atoms with E-state index in [-0.39, 0.29) is 16.5 Å². The predicted octanol–water partition coefficient (Wildman–Crippen LogP) is 2.23. The van der Waals surface area contributed by atoms with Crippen molar-refractivity contribution in [1.29, 1.82) is 0 Å². The van der Waals surface area contributed by atoms with E-state index in [0.29, 0.717) is 17.9 Å². The fourth-order valence-corrected chi connectivity index (χ4v) is 4.92. The lowest BCUT2D eigenvalue weighted by molar-refractivity contribution is 0.0845. The number of aryl methyl sites for hydroxylation is 1. The molecule has 0 unspecified atom stereocenters. The van der Waals surface area contributed by atoms with Gasteiger partial charge in [0.2, 0.25) is 10.0 Å². The number of amides is 2. The maximum absolute atomic E-state index is 12.8. The maximum atomic E-state index is 12.8. The third-order valence-electron chi connectivity index (χ3n) is 4.86. The SMILES string of the molecule is Cc1occc1C(=O)NNC(=O)c1ccc(S(=O)(=O)N2CCCC[C@@H]2C)cc1. The molecule has 1 aromatic carbocycles. The lowest BCUT2D eigenvalue weighted by Crippen LogP contribution is -2.42. The van der Waals surface area contributed by atoms with Crippen LogP contribution in [0, 0.1) is 6.92 Å². The molecule has 1 aromatic heterocycles. The zero-order valence-electron chi connectivity index (χ0n) is 15.8. The summed E-state index contributed by atoms with van der Waals surface area (Å²) < 4.78 is 32.2. The minimum atomic E-state index is -3.59. The summed E-state index contributed by atoms with van der Waals surface area (Å²) >= 11 is 0. The highest BCUT2D eigenvalue weighted by molar-refractivity contribution is 7.89. The van der Waals surface area contributed by atoms with E-state index in [9.17, 15) is 18.0 Å². The Morgan fingerprint density at radius 1 is 1.07 bits per heavy atom. The number of carbonyl (C=O) groups is 2. The normalized spacial score (nSPS) is 17.9. The van der Waals surface area contributed by atoms with E-state index in [2.05, 4.69) is 10.9 Å². The van der Waals surface area contributed by atoms with Crippen LogP contribution in [0.4, 0.5) is 0 Å². The Kier molecular flexibility index (Phi) is 5.85. The van der Waals surface area contributed by atoms with Gasteiger partial charge in [0, 0.05) is 18.2 Å². The number of carbonyl (C=O) groups excluding carboxylic acids is 2. The molecule has 0 saturated carbocycles. The molecule has 1 fully saturated rings. The van der Waals surface area contributed by atoms with Gasteiger partial charge in [-0.3, -0.25) is 20.4 Å². The van der Waals surface area contributed by atoms with Crippen molar-refractivity contribution in [2.45, 2.75) is 44.0 Å². The molecule has 0 radical (unpaired) electrons. The second kappa shape index (κ2) is 8.15. The van der Waals surface area contributed by atoms with E-state index in [1.165, 1.54) is 40.9 Å². The number of sulfonamides is 1. The number of furan rings is 1. The van der Waals surface area contributed by atoms with Gasteiger partial charge in [-0.15, -0.1) is 0 Å². The van der Waals surface area contributed by atoms with Crippen molar-refractivity contribution in [2.24, 2.45) is 0 Å². The molecule has 1 aliphatic rings. The van der Waals surface area contributed by atoms with Crippen LogP contribution in [0.15, 0.2) is 45.9 Å². The van der Waals surface area contributed by atoms with Gasteiger partial charge in [-0.05, 0) is 57.0 Å². The summed E-state index contributed by atoms with van der Waals surface area (Å²) in [5, 5.41) is 0. The summed E-state index contributed by atoms with van der Waals surface area (Å²) in [6.07, 6.45) is 4.10. The molecule has 2 N–H and O–H groups in total. The average Bonchev–Trinajstić information content (AvgIpc) is 3.12. The first-order valence-corrected chi connectivity index (χ1v) is 10.5. The Balaban J connectivity index is 1.66. The van der Waals surface area contributed by atoms with Crippen LogP contribution in [-0.4, -0.2) is 37.1 Å². The van der Waals surface area contributed by atoms with Crippen molar-refractivity contribution in [3.8, 4) is 0 Å². The highest BCUT2D eigenvalue weighted by atomic mass is 32.2. The van der Waals surface area contributed by atoms with Gasteiger partial charge in [-0.1, -0.05) is 6.42 Å². The van der Waals surface area contributed by atoms with Crippen LogP contribution >= 0.6 is 0 Å². The molecule has 0 aliphatic carbocycles. The molecule has 3 rings (SSSR count). The monoisotopic (exact) mass is 405 g/mol. The summed E-state index contributed by atoms with van der Waals surface area (Å²) in [7, 11) is -3.59. The third-order valence-corrected chi connectivity index (χ3v) is 6.89. The first kappa shape index (κ1) is 20.1. The second-order valence-electron chi connectivity index (χ2n) is 6.78. The quantitative estimate of drug-likeness (QED) is 0.758. The molecule has 28 heavy (non-hydrogen) atoms. The fraction of sp³-hybridized carbons (Fsp3) is 0.368. The molecular weight excluding hydrogens is 382 g/mol. The molecule has 0 bridgehead atoms. The van der Waals surface area contributed by atoms with Crippen LogP contribution in [0.2, 0.25) is 0 Å². The van der Waals surface area contributed by atoms with Gasteiger partial charge >= 0.3 is 0 Å². The summed E-state index contributed by atoms with van der Waals surface area (Å²) in [5.74, 6) is -0.615. The topological polar surface area (TPSA) is 109 Å². The summed E-state index contributed by atoms with van der Waals surface area (Å²) in [4.78, 5) is 24.3. The van der Waals surface area contributed by atoms with Gasteiger partial charge in [0.25, 0.3) is 11.8 Å². The molecule has 150 valence electrons. The Bertz CT molecular complexity index is 966. The lowest BCUT2D eigenvalue weighted by Gasteiger charge is -2.32. The van der Waals surface area contributed by atoms with Gasteiger partial charge in [-0.25, -0.2) is 8.42 Å². The smallest absolute Gasteiger partial charge is 0.273 e. The van der Waals surface area contributed by atoms with Gasteiger partial charge in [0.05, 0.1) is 16.7 Å². The van der Waals surface area contributed by atoms with E-state index in [1.54, 1.807) is 6.92 Å². The predicted molar refractivity (Wildman–Crippen MR) is 102 cm³/mol. The number of rotatable bonds is 4. The van der Waals surface area contributed by atoms with Gasteiger partial charge in [-0.2, -0.15) is 4.31 Å². The van der Waals surface area contributed by atoms with Crippen molar-refractivity contribution >= 4 is 21.8 Å². The number of piperidine rings is 1. The van der Waals surface area contributed by atoms with Crippen LogP contribution in [0.3, 0.4) is 0 Å². The van der Waals surface area contributed by atoms with Crippen molar-refractivity contribution in [3.63, 3.8) is 0 Å². The van der Waals surface area contributed by atoms with Crippen LogP contribution in [0.25, 0.3) is 0 Å². The number of hydrazine groups is 1. The van der Waals surface area contributed by atoms with Gasteiger partial charge in [0.15, 0.2) is 0 Å². The number of benzene rings is 1. The maximum Gasteiger partial charge on any atom is 0.273 e.